The molecule has 1 aliphatic heterocycles. The average Bonchev–Trinajstić information content (AvgIpc) is 3.24. The van der Waals surface area contributed by atoms with Crippen molar-refractivity contribution in [2.75, 3.05) is 18.4 Å². The third-order valence-corrected chi connectivity index (χ3v) is 6.17. The van der Waals surface area contributed by atoms with Gasteiger partial charge in [0.1, 0.15) is 11.0 Å². The highest BCUT2D eigenvalue weighted by Crippen LogP contribution is 2.31. The summed E-state index contributed by atoms with van der Waals surface area (Å²) in [7, 11) is 0. The van der Waals surface area contributed by atoms with E-state index in [1.807, 2.05) is 35.2 Å². The molecule has 0 spiro atoms. The predicted molar refractivity (Wildman–Crippen MR) is 115 cm³/mol. The lowest BCUT2D eigenvalue weighted by Crippen LogP contribution is -2.41. The number of likely N-dealkylation sites (tertiary alicyclic amines) is 1. The number of halogens is 1. The van der Waals surface area contributed by atoms with E-state index in [1.165, 1.54) is 0 Å². The van der Waals surface area contributed by atoms with Gasteiger partial charge in [-0.1, -0.05) is 41.9 Å². The van der Waals surface area contributed by atoms with E-state index < -0.39 is 0 Å². The number of benzene rings is 2. The number of aryl methyl sites for hydroxylation is 1. The van der Waals surface area contributed by atoms with Crippen LogP contribution in [0.3, 0.4) is 0 Å². The number of anilines is 1. The molecule has 1 aromatic heterocycles. The summed E-state index contributed by atoms with van der Waals surface area (Å²) in [6, 6.07) is 13.5. The van der Waals surface area contributed by atoms with Crippen molar-refractivity contribution in [2.45, 2.75) is 25.7 Å². The molecule has 0 aliphatic carbocycles. The Kier molecular flexibility index (Phi) is 6.06. The number of rotatable bonds is 5. The molecule has 1 N–H and O–H groups in total. The van der Waals surface area contributed by atoms with Gasteiger partial charge in [-0.05, 0) is 37.0 Å². The van der Waals surface area contributed by atoms with Gasteiger partial charge in [0.25, 0.3) is 0 Å². The summed E-state index contributed by atoms with van der Waals surface area (Å²) < 4.78 is 8.42. The van der Waals surface area contributed by atoms with Crippen molar-refractivity contribution in [1.82, 2.24) is 13.6 Å². The first-order valence-electron chi connectivity index (χ1n) is 9.65. The Balaban J connectivity index is 1.31. The number of fused-ring (bicyclic) bond motifs is 1. The minimum atomic E-state index is -0.147. The number of piperidine rings is 1. The zero-order chi connectivity index (χ0) is 20.2. The molecule has 1 fully saturated rings. The van der Waals surface area contributed by atoms with Gasteiger partial charge >= 0.3 is 0 Å². The summed E-state index contributed by atoms with van der Waals surface area (Å²) >= 11 is 7.35. The molecular weight excluding hydrogens is 408 g/mol. The summed E-state index contributed by atoms with van der Waals surface area (Å²) in [5.41, 5.74) is 3.01. The maximum atomic E-state index is 12.8. The van der Waals surface area contributed by atoms with Crippen LogP contribution >= 0.6 is 23.3 Å². The molecule has 150 valence electrons. The van der Waals surface area contributed by atoms with E-state index in [4.69, 9.17) is 11.6 Å². The highest BCUT2D eigenvalue weighted by molar-refractivity contribution is 7.00. The molecule has 2 amide bonds. The van der Waals surface area contributed by atoms with E-state index in [9.17, 15) is 9.59 Å². The van der Waals surface area contributed by atoms with Gasteiger partial charge in [-0.3, -0.25) is 9.59 Å². The Morgan fingerprint density at radius 2 is 1.86 bits per heavy atom. The van der Waals surface area contributed by atoms with Crippen molar-refractivity contribution in [3.63, 3.8) is 0 Å². The van der Waals surface area contributed by atoms with Crippen molar-refractivity contribution in [1.29, 1.82) is 0 Å². The summed E-state index contributed by atoms with van der Waals surface area (Å²) in [5, 5.41) is 3.38. The lowest BCUT2D eigenvalue weighted by molar-refractivity contribution is -0.134. The van der Waals surface area contributed by atoms with Gasteiger partial charge in [-0.2, -0.15) is 8.75 Å². The minimum Gasteiger partial charge on any atom is -0.343 e. The van der Waals surface area contributed by atoms with Crippen LogP contribution in [0.1, 0.15) is 24.8 Å². The second-order valence-electron chi connectivity index (χ2n) is 7.18. The van der Waals surface area contributed by atoms with Crippen molar-refractivity contribution < 1.29 is 9.59 Å². The van der Waals surface area contributed by atoms with E-state index in [2.05, 4.69) is 14.1 Å². The van der Waals surface area contributed by atoms with Gasteiger partial charge in [0.05, 0.1) is 22.4 Å². The van der Waals surface area contributed by atoms with E-state index in [1.54, 1.807) is 12.1 Å². The maximum Gasteiger partial charge on any atom is 0.227 e. The van der Waals surface area contributed by atoms with Gasteiger partial charge in [-0.15, -0.1) is 0 Å². The highest BCUT2D eigenvalue weighted by Gasteiger charge is 2.28. The number of nitrogens with one attached hydrogen (secondary N) is 1. The van der Waals surface area contributed by atoms with Crippen LogP contribution in [0.5, 0.6) is 0 Å². The second kappa shape index (κ2) is 8.88. The fourth-order valence-corrected chi connectivity index (χ4v) is 4.36. The third-order valence-electron chi connectivity index (χ3n) is 5.31. The number of aromatic nitrogens is 2. The van der Waals surface area contributed by atoms with Gasteiger partial charge in [0, 0.05) is 25.4 Å². The molecule has 0 unspecified atom stereocenters. The largest absolute Gasteiger partial charge is 0.343 e. The Bertz CT molecular complexity index is 1020. The van der Waals surface area contributed by atoms with Crippen molar-refractivity contribution in [3.8, 4) is 0 Å². The fourth-order valence-electron chi connectivity index (χ4n) is 3.62. The zero-order valence-corrected chi connectivity index (χ0v) is 17.4. The molecule has 29 heavy (non-hydrogen) atoms. The third kappa shape index (κ3) is 4.57. The molecule has 6 nitrogen and oxygen atoms in total. The molecule has 0 saturated carbocycles. The smallest absolute Gasteiger partial charge is 0.227 e. The summed E-state index contributed by atoms with van der Waals surface area (Å²) in [4.78, 5) is 27.1. The molecule has 2 aromatic carbocycles. The SMILES string of the molecule is O=C(Nc1c(Cl)ccc2nsnc12)C1CCN(C(=O)CCc2ccccc2)CC1. The molecule has 0 atom stereocenters. The van der Waals surface area contributed by atoms with Crippen LogP contribution in [-0.4, -0.2) is 38.6 Å². The van der Waals surface area contributed by atoms with Crippen LogP contribution in [-0.2, 0) is 16.0 Å². The van der Waals surface area contributed by atoms with E-state index in [-0.39, 0.29) is 17.7 Å². The highest BCUT2D eigenvalue weighted by atomic mass is 35.5. The Morgan fingerprint density at radius 3 is 2.62 bits per heavy atom. The number of hydrogen-bond acceptors (Lipinski definition) is 5. The fraction of sp³-hybridized carbons (Fsp3) is 0.333. The predicted octanol–water partition coefficient (Wildman–Crippen LogP) is 4.15. The summed E-state index contributed by atoms with van der Waals surface area (Å²) in [5.74, 6) is -0.0797. The van der Waals surface area contributed by atoms with Crippen LogP contribution < -0.4 is 5.32 Å². The van der Waals surface area contributed by atoms with Crippen LogP contribution in [0.4, 0.5) is 5.69 Å². The lowest BCUT2D eigenvalue weighted by Gasteiger charge is -2.31. The van der Waals surface area contributed by atoms with Gasteiger partial charge < -0.3 is 10.2 Å². The monoisotopic (exact) mass is 428 g/mol. The normalized spacial score (nSPS) is 14.9. The van der Waals surface area contributed by atoms with Crippen LogP contribution in [0.2, 0.25) is 5.02 Å². The number of nitrogens with zero attached hydrogens (tertiary/aromatic N) is 3. The first kappa shape index (κ1) is 19.8. The molecule has 8 heteroatoms. The Labute approximate surface area is 178 Å². The van der Waals surface area contributed by atoms with E-state index >= 15 is 0 Å². The van der Waals surface area contributed by atoms with Gasteiger partial charge in [-0.25, -0.2) is 0 Å². The topological polar surface area (TPSA) is 75.2 Å². The minimum absolute atomic E-state index is 0.0798. The van der Waals surface area contributed by atoms with Gasteiger partial charge in [0.2, 0.25) is 11.8 Å². The molecule has 0 bridgehead atoms. The molecule has 1 aliphatic rings. The maximum absolute atomic E-state index is 12.8. The zero-order valence-electron chi connectivity index (χ0n) is 15.8. The van der Waals surface area contributed by atoms with Crippen molar-refractivity contribution in [3.05, 3.63) is 53.1 Å². The first-order valence-corrected chi connectivity index (χ1v) is 10.8. The van der Waals surface area contributed by atoms with Crippen LogP contribution in [0, 0.1) is 5.92 Å². The quantitative estimate of drug-likeness (QED) is 0.662. The van der Waals surface area contributed by atoms with Crippen molar-refractivity contribution >= 4 is 51.9 Å². The molecule has 3 aromatic rings. The van der Waals surface area contributed by atoms with Crippen molar-refractivity contribution in [2.24, 2.45) is 5.92 Å². The number of amides is 2. The molecule has 1 saturated heterocycles. The van der Waals surface area contributed by atoms with Crippen LogP contribution in [0.25, 0.3) is 11.0 Å². The van der Waals surface area contributed by atoms with Gasteiger partial charge in [0.15, 0.2) is 0 Å². The lowest BCUT2D eigenvalue weighted by atomic mass is 9.95. The Hall–Kier alpha value is -2.51. The second-order valence-corrected chi connectivity index (χ2v) is 8.12. The number of hydrogen-bond donors (Lipinski definition) is 1. The Morgan fingerprint density at radius 1 is 1.10 bits per heavy atom. The standard InChI is InChI=1S/C21H21ClN4O2S/c22-16-7-8-17-20(25-29-24-17)19(16)23-21(28)15-10-12-26(13-11-15)18(27)9-6-14-4-2-1-3-5-14/h1-5,7-8,15H,6,9-13H2,(H,23,28). The number of carbonyl (C=O) groups is 2. The number of carbonyl (C=O) groups excluding carboxylic acids is 2. The van der Waals surface area contributed by atoms with E-state index in [0.29, 0.717) is 54.1 Å². The molecule has 4 rings (SSSR count). The van der Waals surface area contributed by atoms with Crippen LogP contribution in [0.15, 0.2) is 42.5 Å². The van der Waals surface area contributed by atoms with E-state index in [0.717, 1.165) is 23.7 Å². The molecular formula is C21H21ClN4O2S. The summed E-state index contributed by atoms with van der Waals surface area (Å²) in [6.07, 6.45) is 2.53. The molecule has 2 heterocycles. The average molecular weight is 429 g/mol. The first-order chi connectivity index (χ1) is 14.1. The molecule has 0 radical (unpaired) electrons. The summed E-state index contributed by atoms with van der Waals surface area (Å²) in [6.45, 7) is 1.20.